The molecule has 0 aromatic rings. The largest absolute Gasteiger partial charge is 0.472 e. The van der Waals surface area contributed by atoms with E-state index in [1.807, 2.05) is 0 Å². The van der Waals surface area contributed by atoms with Crippen LogP contribution in [0.4, 0.5) is 0 Å². The number of allylic oxidation sites excluding steroid dienone is 10. The van der Waals surface area contributed by atoms with Gasteiger partial charge in [0.1, 0.15) is 12.7 Å². The Kier molecular flexibility index (Phi) is 58.1. The Morgan fingerprint density at radius 1 is 0.372 bits per heavy atom. The zero-order chi connectivity index (χ0) is 56.9. The van der Waals surface area contributed by atoms with Crippen LogP contribution in [0.25, 0.3) is 0 Å². The van der Waals surface area contributed by atoms with Crippen molar-refractivity contribution in [3.05, 3.63) is 60.8 Å². The number of hydrogen-bond donors (Lipinski definition) is 2. The molecule has 0 bridgehead atoms. The van der Waals surface area contributed by atoms with Gasteiger partial charge in [0.15, 0.2) is 6.10 Å². The third kappa shape index (κ3) is 57.9. The van der Waals surface area contributed by atoms with Gasteiger partial charge in [-0.25, -0.2) is 4.57 Å². The van der Waals surface area contributed by atoms with Crippen molar-refractivity contribution in [3.63, 3.8) is 0 Å². The number of esters is 3. The molecule has 3 atom stereocenters. The molecule has 12 heteroatoms. The van der Waals surface area contributed by atoms with E-state index in [-0.39, 0.29) is 25.9 Å². The van der Waals surface area contributed by atoms with E-state index in [9.17, 15) is 28.9 Å². The molecule has 0 heterocycles. The van der Waals surface area contributed by atoms with Crippen LogP contribution < -0.4 is 0 Å². The third-order valence-electron chi connectivity index (χ3n) is 13.9. The maximum absolute atomic E-state index is 12.9. The number of unbranched alkanes of at least 4 members (excludes halogenated alkanes) is 33. The quantitative estimate of drug-likeness (QED) is 0.0197. The van der Waals surface area contributed by atoms with E-state index in [4.69, 9.17) is 23.3 Å². The minimum atomic E-state index is -4.76. The molecule has 0 aromatic heterocycles. The third-order valence-corrected chi connectivity index (χ3v) is 14.9. The summed E-state index contributed by atoms with van der Waals surface area (Å²) in [6.07, 6.45) is 67.4. The fraction of sp³-hybridized carbons (Fsp3) is 0.803. The second-order valence-electron chi connectivity index (χ2n) is 21.6. The highest BCUT2D eigenvalue weighted by atomic mass is 31.2. The molecule has 3 unspecified atom stereocenters. The van der Waals surface area contributed by atoms with Gasteiger partial charge >= 0.3 is 25.7 Å². The molecule has 2 N–H and O–H groups in total. The summed E-state index contributed by atoms with van der Waals surface area (Å²) >= 11 is 0. The molecule has 0 radical (unpaired) electrons. The molecular formula is C66H119O11P. The highest BCUT2D eigenvalue weighted by Gasteiger charge is 2.28. The van der Waals surface area contributed by atoms with Crippen molar-refractivity contribution in [2.45, 2.75) is 315 Å². The van der Waals surface area contributed by atoms with E-state index in [0.717, 1.165) is 96.3 Å². The molecular weight excluding hydrogens is 1000 g/mol. The Balaban J connectivity index is 4.70. The van der Waals surface area contributed by atoms with Gasteiger partial charge in [-0.1, -0.05) is 261 Å². The SMILES string of the molecule is CC/C=C\C/C=C\C/C=C\C/C=C\CCCCCCC(=O)OC(COC(=O)CCCCCCCCCCCCCCCCCCC)COP(=O)(O)OCC(CO)OC(=O)CCCCCCCCC/C=C\CCCCCCCC. The van der Waals surface area contributed by atoms with Gasteiger partial charge in [0, 0.05) is 19.3 Å². The molecule has 0 amide bonds. The van der Waals surface area contributed by atoms with Gasteiger partial charge in [-0.3, -0.25) is 23.4 Å². The standard InChI is InChI=1S/C66H119O11P/c1-4-7-10-13-16-19-22-25-28-31-34-37-40-43-46-49-52-55-64(68)73-59-63(77-66(70)57-54-51-48-45-42-39-36-33-30-27-24-21-18-15-12-9-6-3)61-75-78(71,72)74-60-62(58-67)76-65(69)56-53-50-47-44-41-38-35-32-29-26-23-20-17-14-11-8-5-2/h9,12,18,21,26-27,29-30,36,39,62-63,67H,4-8,10-11,13-17,19-20,22-25,28,31-35,37-38,40-61H2,1-3H3,(H,71,72)/b12-9-,21-18-,29-26-,30-27-,39-36-. The highest BCUT2D eigenvalue weighted by Crippen LogP contribution is 2.43. The minimum absolute atomic E-state index is 0.141. The number of carbonyl (C=O) groups is 3. The van der Waals surface area contributed by atoms with Crippen LogP contribution in [-0.2, 0) is 42.2 Å². The molecule has 0 spiro atoms. The number of carbonyl (C=O) groups excluding carboxylic acids is 3. The van der Waals surface area contributed by atoms with Gasteiger partial charge < -0.3 is 24.2 Å². The summed E-state index contributed by atoms with van der Waals surface area (Å²) in [5.41, 5.74) is 0. The Hall–Kier alpha value is -2.82. The molecule has 0 saturated heterocycles. The van der Waals surface area contributed by atoms with Gasteiger partial charge in [0.25, 0.3) is 0 Å². The van der Waals surface area contributed by atoms with E-state index in [2.05, 4.69) is 81.5 Å². The van der Waals surface area contributed by atoms with Crippen LogP contribution in [0.5, 0.6) is 0 Å². The predicted molar refractivity (Wildman–Crippen MR) is 325 cm³/mol. The van der Waals surface area contributed by atoms with E-state index in [1.54, 1.807) is 0 Å². The molecule has 11 nitrogen and oxygen atoms in total. The van der Waals surface area contributed by atoms with Gasteiger partial charge in [0.05, 0.1) is 19.8 Å². The molecule has 0 saturated carbocycles. The topological polar surface area (TPSA) is 155 Å². The number of phosphoric acid groups is 1. The molecule has 0 aromatic carbocycles. The van der Waals surface area contributed by atoms with E-state index in [0.29, 0.717) is 19.3 Å². The zero-order valence-electron chi connectivity index (χ0n) is 50.4. The molecule has 0 aliphatic carbocycles. The monoisotopic (exact) mass is 1120 g/mol. The molecule has 0 fully saturated rings. The summed E-state index contributed by atoms with van der Waals surface area (Å²) in [6.45, 7) is 4.55. The Labute approximate surface area is 478 Å². The number of ether oxygens (including phenoxy) is 3. The molecule has 78 heavy (non-hydrogen) atoms. The first-order valence-corrected chi connectivity index (χ1v) is 33.7. The number of aliphatic hydroxyl groups is 1. The van der Waals surface area contributed by atoms with Crippen LogP contribution in [0.15, 0.2) is 60.8 Å². The normalized spacial score (nSPS) is 13.7. The Bertz CT molecular complexity index is 1540. The first kappa shape index (κ1) is 75.2. The van der Waals surface area contributed by atoms with Crippen LogP contribution in [0.1, 0.15) is 303 Å². The van der Waals surface area contributed by atoms with Crippen molar-refractivity contribution >= 4 is 25.7 Å². The summed E-state index contributed by atoms with van der Waals surface area (Å²) in [6, 6.07) is 0. The van der Waals surface area contributed by atoms with Gasteiger partial charge in [-0.05, 0) is 83.5 Å². The predicted octanol–water partition coefficient (Wildman–Crippen LogP) is 19.5. The smallest absolute Gasteiger partial charge is 0.462 e. The second kappa shape index (κ2) is 60.3. The van der Waals surface area contributed by atoms with Crippen molar-refractivity contribution in [2.75, 3.05) is 26.4 Å². The van der Waals surface area contributed by atoms with Crippen LogP contribution in [0.2, 0.25) is 0 Å². The molecule has 454 valence electrons. The molecule has 0 aliphatic rings. The lowest BCUT2D eigenvalue weighted by atomic mass is 10.0. The van der Waals surface area contributed by atoms with Crippen molar-refractivity contribution < 1.29 is 52.2 Å². The number of rotatable bonds is 60. The van der Waals surface area contributed by atoms with Crippen LogP contribution in [0.3, 0.4) is 0 Å². The van der Waals surface area contributed by atoms with Crippen molar-refractivity contribution in [2.24, 2.45) is 0 Å². The number of aliphatic hydroxyl groups excluding tert-OH is 1. The van der Waals surface area contributed by atoms with E-state index in [1.165, 1.54) is 148 Å². The summed E-state index contributed by atoms with van der Waals surface area (Å²) in [4.78, 5) is 48.7. The summed E-state index contributed by atoms with van der Waals surface area (Å²) in [7, 11) is -4.76. The lowest BCUT2D eigenvalue weighted by molar-refractivity contribution is -0.161. The lowest BCUT2D eigenvalue weighted by Crippen LogP contribution is -2.30. The lowest BCUT2D eigenvalue weighted by Gasteiger charge is -2.21. The Morgan fingerprint density at radius 2 is 0.667 bits per heavy atom. The van der Waals surface area contributed by atoms with Crippen molar-refractivity contribution in [3.8, 4) is 0 Å². The second-order valence-corrected chi connectivity index (χ2v) is 23.0. The van der Waals surface area contributed by atoms with Gasteiger partial charge in [-0.15, -0.1) is 0 Å². The van der Waals surface area contributed by atoms with Crippen molar-refractivity contribution in [1.82, 2.24) is 0 Å². The first-order valence-electron chi connectivity index (χ1n) is 32.2. The number of phosphoric ester groups is 1. The van der Waals surface area contributed by atoms with E-state index >= 15 is 0 Å². The average molecular weight is 1120 g/mol. The van der Waals surface area contributed by atoms with Crippen LogP contribution in [-0.4, -0.2) is 66.5 Å². The van der Waals surface area contributed by atoms with Crippen molar-refractivity contribution in [1.29, 1.82) is 0 Å². The minimum Gasteiger partial charge on any atom is -0.462 e. The summed E-state index contributed by atoms with van der Waals surface area (Å²) in [5, 5.41) is 9.85. The fourth-order valence-corrected chi connectivity index (χ4v) is 9.83. The van der Waals surface area contributed by atoms with Gasteiger partial charge in [0.2, 0.25) is 0 Å². The maximum Gasteiger partial charge on any atom is 0.472 e. The van der Waals surface area contributed by atoms with E-state index < -0.39 is 57.8 Å². The maximum atomic E-state index is 12.9. The zero-order valence-corrected chi connectivity index (χ0v) is 51.3. The number of hydrogen-bond acceptors (Lipinski definition) is 10. The molecule has 0 rings (SSSR count). The Morgan fingerprint density at radius 3 is 1.04 bits per heavy atom. The average Bonchev–Trinajstić information content (AvgIpc) is 3.43. The van der Waals surface area contributed by atoms with Crippen LogP contribution >= 0.6 is 7.82 Å². The first-order chi connectivity index (χ1) is 38.2. The fourth-order valence-electron chi connectivity index (χ4n) is 9.05. The highest BCUT2D eigenvalue weighted by molar-refractivity contribution is 7.47. The molecule has 0 aliphatic heterocycles. The summed E-state index contributed by atoms with van der Waals surface area (Å²) in [5.74, 6) is -1.48. The van der Waals surface area contributed by atoms with Gasteiger partial charge in [-0.2, -0.15) is 0 Å². The van der Waals surface area contributed by atoms with Crippen LogP contribution in [0, 0.1) is 0 Å². The summed E-state index contributed by atoms with van der Waals surface area (Å²) < 4.78 is 39.7.